The highest BCUT2D eigenvalue weighted by molar-refractivity contribution is 5.83. The van der Waals surface area contributed by atoms with E-state index in [0.29, 0.717) is 25.9 Å². The molecule has 4 atom stereocenters. The van der Waals surface area contributed by atoms with Gasteiger partial charge in [-0.2, -0.15) is 0 Å². The number of esters is 1. The molecule has 0 bridgehead atoms. The summed E-state index contributed by atoms with van der Waals surface area (Å²) < 4.78 is 16.6. The van der Waals surface area contributed by atoms with Crippen LogP contribution in [0, 0.1) is 0 Å². The van der Waals surface area contributed by atoms with Crippen LogP contribution in [0.1, 0.15) is 26.2 Å². The number of ketones is 1. The van der Waals surface area contributed by atoms with Gasteiger partial charge in [-0.1, -0.05) is 0 Å². The molecule has 1 aliphatic carbocycles. The molecule has 5 heteroatoms. The SMILES string of the molecule is C[C@@H]1O[C@@H]2CC(=O)C[C@@H]3OCC[C@@]32OC1=O. The highest BCUT2D eigenvalue weighted by Gasteiger charge is 2.60. The van der Waals surface area contributed by atoms with Crippen LogP contribution in [-0.4, -0.2) is 42.3 Å². The Hall–Kier alpha value is -0.940. The van der Waals surface area contributed by atoms with Gasteiger partial charge in [0.05, 0.1) is 6.61 Å². The van der Waals surface area contributed by atoms with E-state index in [2.05, 4.69) is 0 Å². The van der Waals surface area contributed by atoms with Crippen molar-refractivity contribution in [2.45, 2.75) is 50.1 Å². The van der Waals surface area contributed by atoms with Crippen molar-refractivity contribution in [2.24, 2.45) is 0 Å². The summed E-state index contributed by atoms with van der Waals surface area (Å²) in [6.07, 6.45) is 0.0829. The van der Waals surface area contributed by atoms with Crippen LogP contribution in [0.2, 0.25) is 0 Å². The third-order valence-electron chi connectivity index (χ3n) is 3.72. The molecule has 3 aliphatic rings. The molecule has 2 heterocycles. The van der Waals surface area contributed by atoms with Gasteiger partial charge in [0, 0.05) is 19.3 Å². The van der Waals surface area contributed by atoms with E-state index < -0.39 is 11.7 Å². The average Bonchev–Trinajstić information content (AvgIpc) is 2.60. The summed E-state index contributed by atoms with van der Waals surface area (Å²) in [5, 5.41) is 0. The van der Waals surface area contributed by atoms with Crippen molar-refractivity contribution in [3.8, 4) is 0 Å². The molecule has 1 saturated carbocycles. The van der Waals surface area contributed by atoms with Crippen molar-refractivity contribution in [1.82, 2.24) is 0 Å². The van der Waals surface area contributed by atoms with E-state index in [1.807, 2.05) is 0 Å². The summed E-state index contributed by atoms with van der Waals surface area (Å²) >= 11 is 0. The Labute approximate surface area is 93.0 Å². The summed E-state index contributed by atoms with van der Waals surface area (Å²) in [5.74, 6) is -0.223. The van der Waals surface area contributed by atoms with Gasteiger partial charge in [-0.3, -0.25) is 4.79 Å². The summed E-state index contributed by atoms with van der Waals surface area (Å²) in [4.78, 5) is 23.1. The second kappa shape index (κ2) is 3.28. The van der Waals surface area contributed by atoms with E-state index >= 15 is 0 Å². The standard InChI is InChI=1S/C11H14O5/c1-6-10(13)16-11-2-3-14-8(11)4-7(12)5-9(11)15-6/h6,8-9H,2-5H2,1H3/t6-,8-,9+,11+/m0/s1. The normalized spacial score (nSPS) is 47.2. The van der Waals surface area contributed by atoms with Crippen LogP contribution >= 0.6 is 0 Å². The molecule has 5 nitrogen and oxygen atoms in total. The zero-order chi connectivity index (χ0) is 11.3. The number of hydrogen-bond donors (Lipinski definition) is 0. The van der Waals surface area contributed by atoms with Crippen LogP contribution < -0.4 is 0 Å². The molecule has 0 unspecified atom stereocenters. The summed E-state index contributed by atoms with van der Waals surface area (Å²) in [6.45, 7) is 2.18. The second-order valence-corrected chi connectivity index (χ2v) is 4.70. The van der Waals surface area contributed by atoms with Crippen molar-refractivity contribution >= 4 is 11.8 Å². The molecule has 0 N–H and O–H groups in total. The average molecular weight is 226 g/mol. The molecule has 0 aromatic heterocycles. The molecule has 0 aromatic rings. The third-order valence-corrected chi connectivity index (χ3v) is 3.72. The molecule has 0 radical (unpaired) electrons. The maximum atomic E-state index is 11.6. The van der Waals surface area contributed by atoms with E-state index in [0.717, 1.165) is 0 Å². The lowest BCUT2D eigenvalue weighted by Gasteiger charge is -2.47. The summed E-state index contributed by atoms with van der Waals surface area (Å²) in [7, 11) is 0. The predicted octanol–water partition coefficient (Wildman–Crippen LogP) is 0.208. The van der Waals surface area contributed by atoms with E-state index in [4.69, 9.17) is 14.2 Å². The molecule has 1 spiro atoms. The van der Waals surface area contributed by atoms with Crippen LogP contribution in [0.3, 0.4) is 0 Å². The van der Waals surface area contributed by atoms with Crippen molar-refractivity contribution in [3.63, 3.8) is 0 Å². The van der Waals surface area contributed by atoms with E-state index in [9.17, 15) is 9.59 Å². The van der Waals surface area contributed by atoms with E-state index in [1.165, 1.54) is 0 Å². The number of ether oxygens (including phenoxy) is 3. The minimum atomic E-state index is -0.697. The number of rotatable bonds is 0. The van der Waals surface area contributed by atoms with Gasteiger partial charge in [0.15, 0.2) is 11.7 Å². The fourth-order valence-corrected chi connectivity index (χ4v) is 2.85. The molecule has 3 rings (SSSR count). The Balaban J connectivity index is 1.95. The highest BCUT2D eigenvalue weighted by Crippen LogP contribution is 2.44. The smallest absolute Gasteiger partial charge is 0.335 e. The molecule has 3 fully saturated rings. The lowest BCUT2D eigenvalue weighted by Crippen LogP contribution is -2.63. The van der Waals surface area contributed by atoms with Crippen molar-refractivity contribution < 1.29 is 23.8 Å². The topological polar surface area (TPSA) is 61.8 Å². The summed E-state index contributed by atoms with van der Waals surface area (Å²) in [5.41, 5.74) is -0.697. The highest BCUT2D eigenvalue weighted by atomic mass is 16.7. The van der Waals surface area contributed by atoms with Crippen molar-refractivity contribution in [1.29, 1.82) is 0 Å². The van der Waals surface area contributed by atoms with E-state index in [-0.39, 0.29) is 24.0 Å². The fourth-order valence-electron chi connectivity index (χ4n) is 2.85. The maximum absolute atomic E-state index is 11.6. The second-order valence-electron chi connectivity index (χ2n) is 4.70. The first kappa shape index (κ1) is 10.2. The first-order valence-corrected chi connectivity index (χ1v) is 5.63. The van der Waals surface area contributed by atoms with Gasteiger partial charge in [-0.05, 0) is 6.92 Å². The molecule has 88 valence electrons. The monoisotopic (exact) mass is 226 g/mol. The fraction of sp³-hybridized carbons (Fsp3) is 0.818. The summed E-state index contributed by atoms with van der Waals surface area (Å²) in [6, 6.07) is 0. The lowest BCUT2D eigenvalue weighted by atomic mass is 9.77. The van der Waals surface area contributed by atoms with Gasteiger partial charge in [0.25, 0.3) is 0 Å². The number of Topliss-reactive ketones (excluding diaryl/α,β-unsaturated/α-hetero) is 1. The number of carbonyl (C=O) groups is 2. The van der Waals surface area contributed by atoms with Crippen LogP contribution in [0.4, 0.5) is 0 Å². The first-order chi connectivity index (χ1) is 7.62. The maximum Gasteiger partial charge on any atom is 0.335 e. The van der Waals surface area contributed by atoms with Crippen LogP contribution in [0.15, 0.2) is 0 Å². The zero-order valence-corrected chi connectivity index (χ0v) is 9.10. The van der Waals surface area contributed by atoms with Crippen LogP contribution in [0.5, 0.6) is 0 Å². The molecule has 2 aliphatic heterocycles. The van der Waals surface area contributed by atoms with Crippen LogP contribution in [0.25, 0.3) is 0 Å². The van der Waals surface area contributed by atoms with Crippen molar-refractivity contribution in [2.75, 3.05) is 6.61 Å². The Kier molecular flexibility index (Phi) is 2.09. The van der Waals surface area contributed by atoms with Gasteiger partial charge in [-0.25, -0.2) is 4.79 Å². The van der Waals surface area contributed by atoms with Crippen molar-refractivity contribution in [3.05, 3.63) is 0 Å². The third kappa shape index (κ3) is 1.25. The molecule has 0 amide bonds. The Morgan fingerprint density at radius 1 is 1.25 bits per heavy atom. The molecule has 2 saturated heterocycles. The largest absolute Gasteiger partial charge is 0.451 e. The van der Waals surface area contributed by atoms with Gasteiger partial charge in [0.2, 0.25) is 0 Å². The minimum Gasteiger partial charge on any atom is -0.451 e. The van der Waals surface area contributed by atoms with Gasteiger partial charge < -0.3 is 14.2 Å². The number of carbonyl (C=O) groups excluding carboxylic acids is 2. The van der Waals surface area contributed by atoms with E-state index in [1.54, 1.807) is 6.92 Å². The Morgan fingerprint density at radius 2 is 2.00 bits per heavy atom. The van der Waals surface area contributed by atoms with Gasteiger partial charge >= 0.3 is 5.97 Å². The predicted molar refractivity (Wildman–Crippen MR) is 51.8 cm³/mol. The molecule has 0 aromatic carbocycles. The quantitative estimate of drug-likeness (QED) is 0.552. The Morgan fingerprint density at radius 3 is 2.81 bits per heavy atom. The van der Waals surface area contributed by atoms with Gasteiger partial charge in [-0.15, -0.1) is 0 Å². The minimum absolute atomic E-state index is 0.123. The molecular formula is C11H14O5. The van der Waals surface area contributed by atoms with Crippen LogP contribution in [-0.2, 0) is 23.8 Å². The lowest BCUT2D eigenvalue weighted by molar-refractivity contribution is -0.243. The zero-order valence-electron chi connectivity index (χ0n) is 9.10. The molecule has 16 heavy (non-hydrogen) atoms. The number of hydrogen-bond acceptors (Lipinski definition) is 5. The first-order valence-electron chi connectivity index (χ1n) is 5.63. The molecular weight excluding hydrogens is 212 g/mol. The Bertz CT molecular complexity index is 352. The van der Waals surface area contributed by atoms with Gasteiger partial charge in [0.1, 0.15) is 18.0 Å².